The fourth-order valence-corrected chi connectivity index (χ4v) is 7.58. The minimum atomic E-state index is -1.23. The topological polar surface area (TPSA) is 96.5 Å². The SMILES string of the molecule is CCCCOCCOc1ccc(-c2ccc3c(c2)C=C(C(=O)Nc2ccc(S(=O)Cc4cnc(CCC)[nH]4)c(C)c2)CCCN3CC(C)C)cc1. The van der Waals surface area contributed by atoms with E-state index >= 15 is 0 Å². The number of benzene rings is 3. The molecule has 272 valence electrons. The lowest BCUT2D eigenvalue weighted by Crippen LogP contribution is -2.30. The predicted molar refractivity (Wildman–Crippen MR) is 210 cm³/mol. The summed E-state index contributed by atoms with van der Waals surface area (Å²) in [6.45, 7) is 14.4. The van der Waals surface area contributed by atoms with E-state index in [0.717, 1.165) is 107 Å². The standard InChI is InChI=1S/C42H54N4O4S/c1-6-8-21-49-22-23-50-38-16-12-32(13-17-38)33-14-18-39-35(25-33)26-34(11-9-20-46(39)28-30(3)4)42(47)45-36-15-19-40(31(5)24-36)51(48)29-37-27-43-41(44-37)10-7-2/h12-19,24-27,30H,6-11,20-23,28-29H2,1-5H3,(H,43,44)(H,45,47). The lowest BCUT2D eigenvalue weighted by Gasteiger charge is -2.30. The smallest absolute Gasteiger partial charge is 0.251 e. The molecule has 0 saturated carbocycles. The number of amides is 1. The summed E-state index contributed by atoms with van der Waals surface area (Å²) in [4.78, 5) is 24.7. The number of aromatic amines is 1. The molecule has 1 aliphatic heterocycles. The number of H-pyrrole nitrogens is 1. The Hall–Kier alpha value is -4.21. The van der Waals surface area contributed by atoms with Gasteiger partial charge in [-0.1, -0.05) is 52.3 Å². The van der Waals surface area contributed by atoms with Gasteiger partial charge in [0.25, 0.3) is 5.91 Å². The van der Waals surface area contributed by atoms with E-state index in [9.17, 15) is 9.00 Å². The van der Waals surface area contributed by atoms with E-state index in [2.05, 4.69) is 84.3 Å². The number of imidazole rings is 1. The first-order valence-electron chi connectivity index (χ1n) is 18.5. The zero-order valence-corrected chi connectivity index (χ0v) is 31.7. The van der Waals surface area contributed by atoms with Crippen molar-refractivity contribution in [2.45, 2.75) is 83.8 Å². The molecule has 2 N–H and O–H groups in total. The summed E-state index contributed by atoms with van der Waals surface area (Å²) in [5.41, 5.74) is 7.52. The second kappa shape index (κ2) is 18.9. The van der Waals surface area contributed by atoms with Gasteiger partial charge in [-0.05, 0) is 109 Å². The Bertz CT molecular complexity index is 1800. The van der Waals surface area contributed by atoms with Crippen molar-refractivity contribution >= 4 is 34.2 Å². The second-order valence-corrected chi connectivity index (χ2v) is 15.2. The molecule has 3 aromatic carbocycles. The van der Waals surface area contributed by atoms with Crippen LogP contribution >= 0.6 is 0 Å². The highest BCUT2D eigenvalue weighted by molar-refractivity contribution is 7.84. The number of carbonyl (C=O) groups is 1. The first-order valence-corrected chi connectivity index (χ1v) is 19.8. The summed E-state index contributed by atoms with van der Waals surface area (Å²) in [5, 5.41) is 3.13. The van der Waals surface area contributed by atoms with Crippen LogP contribution in [0.4, 0.5) is 11.4 Å². The van der Waals surface area contributed by atoms with Crippen LogP contribution in [0.15, 0.2) is 77.3 Å². The molecule has 0 fully saturated rings. The molecule has 0 bridgehead atoms. The number of nitrogens with zero attached hydrogens (tertiary/aromatic N) is 2. The van der Waals surface area contributed by atoms with E-state index in [1.54, 1.807) is 6.20 Å². The monoisotopic (exact) mass is 710 g/mol. The number of nitrogens with one attached hydrogen (secondary N) is 2. The normalized spacial score (nSPS) is 13.7. The molecule has 0 spiro atoms. The molecule has 1 amide bonds. The van der Waals surface area contributed by atoms with Crippen LogP contribution in [0, 0.1) is 12.8 Å². The quantitative estimate of drug-likeness (QED) is 0.106. The molecule has 1 aromatic heterocycles. The third-order valence-corrected chi connectivity index (χ3v) is 10.4. The molecule has 1 unspecified atom stereocenters. The molecule has 51 heavy (non-hydrogen) atoms. The van der Waals surface area contributed by atoms with Crippen LogP contribution in [0.5, 0.6) is 5.75 Å². The van der Waals surface area contributed by atoms with Gasteiger partial charge in [0.2, 0.25) is 0 Å². The molecule has 2 heterocycles. The van der Waals surface area contributed by atoms with Gasteiger partial charge in [0.05, 0.1) is 23.2 Å². The molecule has 0 saturated heterocycles. The number of rotatable bonds is 17. The summed E-state index contributed by atoms with van der Waals surface area (Å²) in [6, 6.07) is 20.3. The summed E-state index contributed by atoms with van der Waals surface area (Å²) in [6.07, 6.45) is 9.45. The first kappa shape index (κ1) is 38.0. The van der Waals surface area contributed by atoms with Crippen LogP contribution in [-0.2, 0) is 32.5 Å². The Morgan fingerprint density at radius 2 is 1.80 bits per heavy atom. The second-order valence-electron chi connectivity index (χ2n) is 13.8. The number of anilines is 2. The van der Waals surface area contributed by atoms with Crippen molar-refractivity contribution in [3.63, 3.8) is 0 Å². The van der Waals surface area contributed by atoms with E-state index < -0.39 is 10.8 Å². The number of aromatic nitrogens is 2. The molecule has 1 aliphatic rings. The third kappa shape index (κ3) is 10.9. The number of fused-ring (bicyclic) bond motifs is 1. The Kier molecular flexibility index (Phi) is 14.1. The number of hydrogen-bond acceptors (Lipinski definition) is 6. The molecular weight excluding hydrogens is 657 g/mol. The number of ether oxygens (including phenoxy) is 2. The minimum Gasteiger partial charge on any atom is -0.491 e. The molecule has 4 aromatic rings. The Balaban J connectivity index is 1.31. The average molecular weight is 711 g/mol. The molecule has 8 nitrogen and oxygen atoms in total. The zero-order valence-electron chi connectivity index (χ0n) is 30.9. The van der Waals surface area contributed by atoms with Gasteiger partial charge < -0.3 is 24.7 Å². The van der Waals surface area contributed by atoms with Crippen molar-refractivity contribution in [2.75, 3.05) is 43.1 Å². The molecule has 9 heteroatoms. The van der Waals surface area contributed by atoms with Gasteiger partial charge in [-0.15, -0.1) is 0 Å². The van der Waals surface area contributed by atoms with Gasteiger partial charge in [-0.3, -0.25) is 9.00 Å². The van der Waals surface area contributed by atoms with Crippen LogP contribution in [-0.4, -0.2) is 53.0 Å². The highest BCUT2D eigenvalue weighted by atomic mass is 32.2. The van der Waals surface area contributed by atoms with E-state index in [0.29, 0.717) is 37.0 Å². The van der Waals surface area contributed by atoms with Crippen molar-refractivity contribution in [2.24, 2.45) is 5.92 Å². The molecule has 0 radical (unpaired) electrons. The number of hydrogen-bond donors (Lipinski definition) is 2. The highest BCUT2D eigenvalue weighted by Gasteiger charge is 2.20. The fourth-order valence-electron chi connectivity index (χ4n) is 6.35. The minimum absolute atomic E-state index is 0.113. The van der Waals surface area contributed by atoms with E-state index in [1.165, 1.54) is 0 Å². The molecular formula is C42H54N4O4S. The summed E-state index contributed by atoms with van der Waals surface area (Å²) >= 11 is 0. The van der Waals surface area contributed by atoms with Crippen LogP contribution < -0.4 is 15.0 Å². The maximum Gasteiger partial charge on any atom is 0.251 e. The Morgan fingerprint density at radius 3 is 2.55 bits per heavy atom. The van der Waals surface area contributed by atoms with Gasteiger partial charge >= 0.3 is 0 Å². The van der Waals surface area contributed by atoms with E-state index in [-0.39, 0.29) is 5.91 Å². The Labute approximate surface area is 306 Å². The largest absolute Gasteiger partial charge is 0.491 e. The van der Waals surface area contributed by atoms with Gasteiger partial charge in [0.15, 0.2) is 0 Å². The summed E-state index contributed by atoms with van der Waals surface area (Å²) in [5.74, 6) is 2.51. The van der Waals surface area contributed by atoms with Crippen LogP contribution in [0.2, 0.25) is 0 Å². The van der Waals surface area contributed by atoms with Crippen molar-refractivity contribution < 1.29 is 18.5 Å². The lowest BCUT2D eigenvalue weighted by atomic mass is 9.96. The van der Waals surface area contributed by atoms with E-state index in [4.69, 9.17) is 9.47 Å². The van der Waals surface area contributed by atoms with Crippen molar-refractivity contribution in [3.8, 4) is 16.9 Å². The third-order valence-electron chi connectivity index (χ3n) is 8.91. The van der Waals surface area contributed by atoms with Crippen molar-refractivity contribution in [3.05, 3.63) is 95.1 Å². The average Bonchev–Trinajstić information content (AvgIpc) is 3.54. The van der Waals surface area contributed by atoms with Crippen LogP contribution in [0.3, 0.4) is 0 Å². The van der Waals surface area contributed by atoms with E-state index in [1.807, 2.05) is 37.3 Å². The van der Waals surface area contributed by atoms with Crippen molar-refractivity contribution in [1.82, 2.24) is 9.97 Å². The molecule has 5 rings (SSSR count). The summed E-state index contributed by atoms with van der Waals surface area (Å²) < 4.78 is 24.8. The van der Waals surface area contributed by atoms with Crippen LogP contribution in [0.1, 0.15) is 82.4 Å². The van der Waals surface area contributed by atoms with Crippen molar-refractivity contribution in [1.29, 1.82) is 0 Å². The zero-order chi connectivity index (χ0) is 36.2. The molecule has 1 atom stereocenters. The fraction of sp³-hybridized carbons (Fsp3) is 0.429. The number of aryl methyl sites for hydroxylation is 2. The maximum atomic E-state index is 13.8. The molecule has 0 aliphatic carbocycles. The van der Waals surface area contributed by atoms with Gasteiger partial charge in [-0.25, -0.2) is 4.98 Å². The first-order chi connectivity index (χ1) is 24.7. The highest BCUT2D eigenvalue weighted by Crippen LogP contribution is 2.33. The lowest BCUT2D eigenvalue weighted by molar-refractivity contribution is -0.112. The predicted octanol–water partition coefficient (Wildman–Crippen LogP) is 9.12. The van der Waals surface area contributed by atoms with Gasteiger partial charge in [-0.2, -0.15) is 0 Å². The number of unbranched alkanes of at least 4 members (excludes halogenated alkanes) is 1. The maximum absolute atomic E-state index is 13.8. The van der Waals surface area contributed by atoms with Crippen LogP contribution in [0.25, 0.3) is 17.2 Å². The Morgan fingerprint density at radius 1 is 1.00 bits per heavy atom. The summed E-state index contributed by atoms with van der Waals surface area (Å²) in [7, 11) is -1.23. The van der Waals surface area contributed by atoms with Gasteiger partial charge in [0.1, 0.15) is 18.2 Å². The number of carbonyl (C=O) groups excluding carboxylic acids is 1. The van der Waals surface area contributed by atoms with Gasteiger partial charge in [0, 0.05) is 59.9 Å².